The van der Waals surface area contributed by atoms with Crippen LogP contribution in [0.2, 0.25) is 0 Å². The Morgan fingerprint density at radius 2 is 2.00 bits per heavy atom. The van der Waals surface area contributed by atoms with Crippen molar-refractivity contribution in [3.8, 4) is 0 Å². The Kier molecular flexibility index (Phi) is 4.93. The fourth-order valence-corrected chi connectivity index (χ4v) is 1.67. The van der Waals surface area contributed by atoms with E-state index < -0.39 is 0 Å². The normalized spacial score (nSPS) is 10.5. The van der Waals surface area contributed by atoms with E-state index in [9.17, 15) is 9.59 Å². The van der Waals surface area contributed by atoms with Gasteiger partial charge in [0.25, 0.3) is 0 Å². The SMILES string of the molecule is COC(=O)Cc1ccc(NC(=O)/C=C/c2ccco2)cc1. The molecule has 0 radical (unpaired) electrons. The van der Waals surface area contributed by atoms with E-state index >= 15 is 0 Å². The zero-order valence-corrected chi connectivity index (χ0v) is 11.5. The molecular weight excluding hydrogens is 270 g/mol. The molecule has 108 valence electrons. The molecule has 0 unspecified atom stereocenters. The number of nitrogens with one attached hydrogen (secondary N) is 1. The third kappa shape index (κ3) is 4.65. The van der Waals surface area contributed by atoms with Gasteiger partial charge in [-0.1, -0.05) is 12.1 Å². The summed E-state index contributed by atoms with van der Waals surface area (Å²) < 4.78 is 9.68. The van der Waals surface area contributed by atoms with Crippen LogP contribution in [0.15, 0.2) is 53.2 Å². The van der Waals surface area contributed by atoms with Crippen LogP contribution in [-0.2, 0) is 20.7 Å². The summed E-state index contributed by atoms with van der Waals surface area (Å²) in [7, 11) is 1.35. The van der Waals surface area contributed by atoms with Crippen molar-refractivity contribution in [3.05, 3.63) is 60.1 Å². The van der Waals surface area contributed by atoms with Crippen LogP contribution >= 0.6 is 0 Å². The third-order valence-corrected chi connectivity index (χ3v) is 2.74. The Hall–Kier alpha value is -2.82. The molecule has 0 aliphatic heterocycles. The van der Waals surface area contributed by atoms with E-state index in [1.54, 1.807) is 42.5 Å². The maximum Gasteiger partial charge on any atom is 0.309 e. The predicted octanol–water partition coefficient (Wildman–Crippen LogP) is 2.65. The van der Waals surface area contributed by atoms with Crippen molar-refractivity contribution < 1.29 is 18.7 Å². The van der Waals surface area contributed by atoms with Gasteiger partial charge in [-0.3, -0.25) is 9.59 Å². The van der Waals surface area contributed by atoms with E-state index in [2.05, 4.69) is 10.1 Å². The summed E-state index contributed by atoms with van der Waals surface area (Å²) in [4.78, 5) is 22.8. The molecule has 5 heteroatoms. The first-order valence-corrected chi connectivity index (χ1v) is 6.35. The molecule has 0 saturated carbocycles. The van der Waals surface area contributed by atoms with Crippen molar-refractivity contribution in [3.63, 3.8) is 0 Å². The van der Waals surface area contributed by atoms with Gasteiger partial charge in [-0.2, -0.15) is 0 Å². The summed E-state index contributed by atoms with van der Waals surface area (Å²) in [6.45, 7) is 0. The molecule has 5 nitrogen and oxygen atoms in total. The minimum absolute atomic E-state index is 0.211. The molecule has 0 aliphatic carbocycles. The van der Waals surface area contributed by atoms with Gasteiger partial charge >= 0.3 is 5.97 Å². The van der Waals surface area contributed by atoms with E-state index in [4.69, 9.17) is 4.42 Å². The second-order valence-electron chi connectivity index (χ2n) is 4.29. The zero-order valence-electron chi connectivity index (χ0n) is 11.5. The van der Waals surface area contributed by atoms with Gasteiger partial charge in [-0.05, 0) is 35.9 Å². The second-order valence-corrected chi connectivity index (χ2v) is 4.29. The quantitative estimate of drug-likeness (QED) is 0.677. The number of anilines is 1. The van der Waals surface area contributed by atoms with Gasteiger partial charge in [-0.25, -0.2) is 0 Å². The van der Waals surface area contributed by atoms with Crippen molar-refractivity contribution in [2.75, 3.05) is 12.4 Å². The first kappa shape index (κ1) is 14.6. The number of amides is 1. The van der Waals surface area contributed by atoms with Gasteiger partial charge in [0.15, 0.2) is 0 Å². The van der Waals surface area contributed by atoms with Crippen molar-refractivity contribution in [1.29, 1.82) is 0 Å². The smallest absolute Gasteiger partial charge is 0.309 e. The molecule has 1 aromatic heterocycles. The van der Waals surface area contributed by atoms with E-state index in [1.165, 1.54) is 19.4 Å². The minimum atomic E-state index is -0.298. The highest BCUT2D eigenvalue weighted by atomic mass is 16.5. The molecule has 1 amide bonds. The van der Waals surface area contributed by atoms with Crippen LogP contribution in [0.4, 0.5) is 5.69 Å². The Bertz CT molecular complexity index is 627. The number of rotatable bonds is 5. The molecule has 0 spiro atoms. The van der Waals surface area contributed by atoms with Crippen LogP contribution in [0.25, 0.3) is 6.08 Å². The van der Waals surface area contributed by atoms with Crippen LogP contribution in [0.1, 0.15) is 11.3 Å². The van der Waals surface area contributed by atoms with Crippen LogP contribution in [0.3, 0.4) is 0 Å². The number of hydrogen-bond donors (Lipinski definition) is 1. The third-order valence-electron chi connectivity index (χ3n) is 2.74. The molecule has 2 rings (SSSR count). The highest BCUT2D eigenvalue weighted by Gasteiger charge is 2.03. The van der Waals surface area contributed by atoms with Gasteiger partial charge in [-0.15, -0.1) is 0 Å². The highest BCUT2D eigenvalue weighted by Crippen LogP contribution is 2.11. The number of methoxy groups -OCH3 is 1. The molecule has 21 heavy (non-hydrogen) atoms. The number of ether oxygens (including phenoxy) is 1. The molecule has 0 saturated heterocycles. The topological polar surface area (TPSA) is 68.5 Å². The molecule has 2 aromatic rings. The molecule has 1 aromatic carbocycles. The molecule has 1 heterocycles. The summed E-state index contributed by atoms with van der Waals surface area (Å²) in [5, 5.41) is 2.72. The van der Waals surface area contributed by atoms with Gasteiger partial charge in [0, 0.05) is 11.8 Å². The molecule has 0 bridgehead atoms. The Morgan fingerprint density at radius 1 is 1.24 bits per heavy atom. The van der Waals surface area contributed by atoms with Crippen molar-refractivity contribution in [2.24, 2.45) is 0 Å². The number of furan rings is 1. The largest absolute Gasteiger partial charge is 0.469 e. The maximum absolute atomic E-state index is 11.7. The zero-order chi connectivity index (χ0) is 15.1. The van der Waals surface area contributed by atoms with Crippen LogP contribution in [0, 0.1) is 0 Å². The lowest BCUT2D eigenvalue weighted by molar-refractivity contribution is -0.139. The van der Waals surface area contributed by atoms with E-state index in [-0.39, 0.29) is 18.3 Å². The minimum Gasteiger partial charge on any atom is -0.469 e. The summed E-state index contributed by atoms with van der Waals surface area (Å²) in [6, 6.07) is 10.5. The number of esters is 1. The summed E-state index contributed by atoms with van der Waals surface area (Å²) in [5.41, 5.74) is 1.48. The lowest BCUT2D eigenvalue weighted by Gasteiger charge is -2.04. The summed E-state index contributed by atoms with van der Waals surface area (Å²) in [6.07, 6.45) is 4.73. The van der Waals surface area contributed by atoms with E-state index in [1.807, 2.05) is 0 Å². The first-order chi connectivity index (χ1) is 10.2. The monoisotopic (exact) mass is 285 g/mol. The summed E-state index contributed by atoms with van der Waals surface area (Å²) in [5.74, 6) is 0.0545. The maximum atomic E-state index is 11.7. The van der Waals surface area contributed by atoms with Crippen molar-refractivity contribution in [1.82, 2.24) is 0 Å². The number of carbonyl (C=O) groups excluding carboxylic acids is 2. The van der Waals surface area contributed by atoms with Gasteiger partial charge in [0.05, 0.1) is 19.8 Å². The average molecular weight is 285 g/mol. The molecule has 0 aliphatic rings. The van der Waals surface area contributed by atoms with Crippen LogP contribution in [0.5, 0.6) is 0 Å². The Labute approximate surface area is 122 Å². The second kappa shape index (κ2) is 7.09. The Balaban J connectivity index is 1.90. The Morgan fingerprint density at radius 3 is 2.62 bits per heavy atom. The first-order valence-electron chi connectivity index (χ1n) is 6.35. The molecular formula is C16H15NO4. The fraction of sp³-hybridized carbons (Fsp3) is 0.125. The molecule has 1 N–H and O–H groups in total. The fourth-order valence-electron chi connectivity index (χ4n) is 1.67. The van der Waals surface area contributed by atoms with Crippen LogP contribution in [-0.4, -0.2) is 19.0 Å². The van der Waals surface area contributed by atoms with Gasteiger partial charge in [0.1, 0.15) is 5.76 Å². The van der Waals surface area contributed by atoms with Crippen LogP contribution < -0.4 is 5.32 Å². The van der Waals surface area contributed by atoms with E-state index in [0.717, 1.165) is 5.56 Å². The number of benzene rings is 1. The average Bonchev–Trinajstić information content (AvgIpc) is 3.00. The lowest BCUT2D eigenvalue weighted by Crippen LogP contribution is -2.08. The van der Waals surface area contributed by atoms with E-state index in [0.29, 0.717) is 11.4 Å². The molecule has 0 atom stereocenters. The highest BCUT2D eigenvalue weighted by molar-refractivity contribution is 6.01. The predicted molar refractivity (Wildman–Crippen MR) is 78.5 cm³/mol. The lowest BCUT2D eigenvalue weighted by atomic mass is 10.1. The van der Waals surface area contributed by atoms with Crippen molar-refractivity contribution in [2.45, 2.75) is 6.42 Å². The number of hydrogen-bond acceptors (Lipinski definition) is 4. The molecule has 0 fully saturated rings. The van der Waals surface area contributed by atoms with Crippen molar-refractivity contribution >= 4 is 23.6 Å². The standard InChI is InChI=1S/C16H15NO4/c1-20-16(19)11-12-4-6-13(7-5-12)17-15(18)9-8-14-3-2-10-21-14/h2-10H,11H2,1H3,(H,17,18)/b9-8+. The number of carbonyl (C=O) groups is 2. The van der Waals surface area contributed by atoms with Gasteiger partial charge in [0.2, 0.25) is 5.91 Å². The van der Waals surface area contributed by atoms with Gasteiger partial charge < -0.3 is 14.5 Å². The summed E-state index contributed by atoms with van der Waals surface area (Å²) >= 11 is 0.